The van der Waals surface area contributed by atoms with Crippen LogP contribution >= 0.6 is 11.3 Å². The van der Waals surface area contributed by atoms with Crippen molar-refractivity contribution in [3.05, 3.63) is 35.6 Å². The third kappa shape index (κ3) is 2.64. The van der Waals surface area contributed by atoms with E-state index in [9.17, 15) is 4.79 Å². The Morgan fingerprint density at radius 1 is 1.37 bits per heavy atom. The number of morpholine rings is 1. The van der Waals surface area contributed by atoms with Crippen molar-refractivity contribution in [2.75, 3.05) is 26.3 Å². The quantitative estimate of drug-likeness (QED) is 0.836. The summed E-state index contributed by atoms with van der Waals surface area (Å²) < 4.78 is 5.24. The molecule has 1 aliphatic heterocycles. The number of hydrogen-bond acceptors (Lipinski definition) is 5. The minimum Gasteiger partial charge on any atom is -0.378 e. The Morgan fingerprint density at radius 2 is 2.21 bits per heavy atom. The summed E-state index contributed by atoms with van der Waals surface area (Å²) in [7, 11) is 0. The molecular formula is C13H13N3O2S. The van der Waals surface area contributed by atoms with Crippen LogP contribution in [0.25, 0.3) is 10.6 Å². The summed E-state index contributed by atoms with van der Waals surface area (Å²) in [4.78, 5) is 22.5. The molecular weight excluding hydrogens is 262 g/mol. The van der Waals surface area contributed by atoms with Crippen LogP contribution in [0.5, 0.6) is 0 Å². The normalized spacial score (nSPS) is 15.5. The van der Waals surface area contributed by atoms with Gasteiger partial charge >= 0.3 is 0 Å². The number of nitrogens with zero attached hydrogens (tertiary/aromatic N) is 3. The highest BCUT2D eigenvalue weighted by Gasteiger charge is 2.21. The number of hydrogen-bond donors (Lipinski definition) is 0. The van der Waals surface area contributed by atoms with E-state index in [0.717, 1.165) is 10.6 Å². The molecule has 1 amide bonds. The van der Waals surface area contributed by atoms with Crippen molar-refractivity contribution in [1.29, 1.82) is 0 Å². The van der Waals surface area contributed by atoms with Crippen molar-refractivity contribution in [1.82, 2.24) is 14.9 Å². The molecule has 5 nitrogen and oxygen atoms in total. The van der Waals surface area contributed by atoms with Crippen molar-refractivity contribution in [3.8, 4) is 10.6 Å². The van der Waals surface area contributed by atoms with Crippen molar-refractivity contribution in [3.63, 3.8) is 0 Å². The van der Waals surface area contributed by atoms with Crippen LogP contribution in [0.2, 0.25) is 0 Å². The molecule has 19 heavy (non-hydrogen) atoms. The highest BCUT2D eigenvalue weighted by molar-refractivity contribution is 7.13. The maximum Gasteiger partial charge on any atom is 0.273 e. The molecule has 0 radical (unpaired) electrons. The zero-order valence-corrected chi connectivity index (χ0v) is 11.1. The smallest absolute Gasteiger partial charge is 0.273 e. The van der Waals surface area contributed by atoms with Gasteiger partial charge in [-0.1, -0.05) is 0 Å². The van der Waals surface area contributed by atoms with Gasteiger partial charge in [-0.2, -0.15) is 0 Å². The first-order valence-corrected chi connectivity index (χ1v) is 6.95. The minimum absolute atomic E-state index is 0.0188. The Kier molecular flexibility index (Phi) is 3.52. The summed E-state index contributed by atoms with van der Waals surface area (Å²) in [5.74, 6) is -0.0188. The van der Waals surface area contributed by atoms with Crippen molar-refractivity contribution < 1.29 is 9.53 Å². The number of amides is 1. The summed E-state index contributed by atoms with van der Waals surface area (Å²) in [6.07, 6.45) is 3.47. The Hall–Kier alpha value is -1.79. The van der Waals surface area contributed by atoms with Crippen molar-refractivity contribution in [2.24, 2.45) is 0 Å². The SMILES string of the molecule is O=C(c1csc(-c2cccnc2)n1)N1CCOCC1. The van der Waals surface area contributed by atoms with E-state index in [2.05, 4.69) is 9.97 Å². The largest absolute Gasteiger partial charge is 0.378 e. The van der Waals surface area contributed by atoms with Crippen LogP contribution < -0.4 is 0 Å². The van der Waals surface area contributed by atoms with Gasteiger partial charge in [0, 0.05) is 36.4 Å². The first-order chi connectivity index (χ1) is 9.34. The fourth-order valence-corrected chi connectivity index (χ4v) is 2.71. The first-order valence-electron chi connectivity index (χ1n) is 6.07. The summed E-state index contributed by atoms with van der Waals surface area (Å²) >= 11 is 1.47. The van der Waals surface area contributed by atoms with Crippen LogP contribution in [0, 0.1) is 0 Å². The maximum atomic E-state index is 12.2. The summed E-state index contributed by atoms with van der Waals surface area (Å²) in [6, 6.07) is 3.80. The van der Waals surface area contributed by atoms with E-state index in [0.29, 0.717) is 32.0 Å². The Balaban J connectivity index is 1.79. The number of rotatable bonds is 2. The molecule has 0 bridgehead atoms. The topological polar surface area (TPSA) is 55.3 Å². The molecule has 0 spiro atoms. The molecule has 0 saturated carbocycles. The molecule has 0 aliphatic carbocycles. The fourth-order valence-electron chi connectivity index (χ4n) is 1.92. The highest BCUT2D eigenvalue weighted by Crippen LogP contribution is 2.23. The zero-order chi connectivity index (χ0) is 13.1. The minimum atomic E-state index is -0.0188. The van der Waals surface area contributed by atoms with Gasteiger partial charge in [-0.3, -0.25) is 9.78 Å². The molecule has 1 saturated heterocycles. The molecule has 2 aromatic rings. The van der Waals surface area contributed by atoms with Crippen LogP contribution in [0.4, 0.5) is 0 Å². The second kappa shape index (κ2) is 5.46. The number of pyridine rings is 1. The second-order valence-electron chi connectivity index (χ2n) is 4.18. The number of carbonyl (C=O) groups excluding carboxylic acids is 1. The molecule has 3 rings (SSSR count). The lowest BCUT2D eigenvalue weighted by Crippen LogP contribution is -2.40. The van der Waals surface area contributed by atoms with Crippen LogP contribution in [0.15, 0.2) is 29.9 Å². The summed E-state index contributed by atoms with van der Waals surface area (Å²) in [5.41, 5.74) is 1.44. The molecule has 3 heterocycles. The number of thiazole rings is 1. The van der Waals surface area contributed by atoms with E-state index < -0.39 is 0 Å². The lowest BCUT2D eigenvalue weighted by atomic mass is 10.3. The fraction of sp³-hybridized carbons (Fsp3) is 0.308. The van der Waals surface area contributed by atoms with Gasteiger partial charge in [0.25, 0.3) is 5.91 Å². The van der Waals surface area contributed by atoms with Gasteiger partial charge in [0.05, 0.1) is 13.2 Å². The van der Waals surface area contributed by atoms with Gasteiger partial charge in [-0.05, 0) is 12.1 Å². The summed E-state index contributed by atoms with van der Waals surface area (Å²) in [5, 5.41) is 2.63. The zero-order valence-electron chi connectivity index (χ0n) is 10.3. The third-order valence-corrected chi connectivity index (χ3v) is 3.82. The predicted octanol–water partition coefficient (Wildman–Crippen LogP) is 1.68. The standard InChI is InChI=1S/C13H13N3O2S/c17-13(16-4-6-18-7-5-16)11-9-19-12(15-11)10-2-1-3-14-8-10/h1-3,8-9H,4-7H2. The first kappa shape index (κ1) is 12.3. The number of carbonyl (C=O) groups is 1. The molecule has 98 valence electrons. The third-order valence-electron chi connectivity index (χ3n) is 2.93. The van der Waals surface area contributed by atoms with Crippen molar-refractivity contribution >= 4 is 17.2 Å². The van der Waals surface area contributed by atoms with Gasteiger partial charge in [0.2, 0.25) is 0 Å². The van der Waals surface area contributed by atoms with E-state index in [1.54, 1.807) is 22.7 Å². The summed E-state index contributed by atoms with van der Waals surface area (Å²) in [6.45, 7) is 2.48. The lowest BCUT2D eigenvalue weighted by molar-refractivity contribution is 0.0299. The molecule has 1 aliphatic rings. The molecule has 1 fully saturated rings. The lowest BCUT2D eigenvalue weighted by Gasteiger charge is -2.25. The Labute approximate surface area is 114 Å². The van der Waals surface area contributed by atoms with Crippen LogP contribution in [0.1, 0.15) is 10.5 Å². The van der Waals surface area contributed by atoms with Gasteiger partial charge in [-0.25, -0.2) is 4.98 Å². The molecule has 0 unspecified atom stereocenters. The van der Waals surface area contributed by atoms with Crippen molar-refractivity contribution in [2.45, 2.75) is 0 Å². The maximum absolute atomic E-state index is 12.2. The molecule has 6 heteroatoms. The van der Waals surface area contributed by atoms with Crippen LogP contribution in [-0.2, 0) is 4.74 Å². The predicted molar refractivity (Wildman–Crippen MR) is 72.1 cm³/mol. The number of ether oxygens (including phenoxy) is 1. The average Bonchev–Trinajstić information content (AvgIpc) is 2.98. The molecule has 0 atom stereocenters. The average molecular weight is 275 g/mol. The van der Waals surface area contributed by atoms with Crippen LogP contribution in [-0.4, -0.2) is 47.1 Å². The van der Waals surface area contributed by atoms with Gasteiger partial charge in [0.15, 0.2) is 0 Å². The van der Waals surface area contributed by atoms with E-state index in [1.165, 1.54) is 11.3 Å². The molecule has 0 N–H and O–H groups in total. The van der Waals surface area contributed by atoms with Gasteiger partial charge < -0.3 is 9.64 Å². The Morgan fingerprint density at radius 3 is 2.95 bits per heavy atom. The van der Waals surface area contributed by atoms with E-state index >= 15 is 0 Å². The van der Waals surface area contributed by atoms with Gasteiger partial charge in [0.1, 0.15) is 10.7 Å². The molecule has 2 aromatic heterocycles. The highest BCUT2D eigenvalue weighted by atomic mass is 32.1. The van der Waals surface area contributed by atoms with E-state index in [4.69, 9.17) is 4.74 Å². The monoisotopic (exact) mass is 275 g/mol. The molecule has 0 aromatic carbocycles. The van der Waals surface area contributed by atoms with E-state index in [1.807, 2.05) is 12.1 Å². The second-order valence-corrected chi connectivity index (χ2v) is 5.04. The van der Waals surface area contributed by atoms with E-state index in [-0.39, 0.29) is 5.91 Å². The number of aromatic nitrogens is 2. The Bertz CT molecular complexity index is 564. The van der Waals surface area contributed by atoms with Crippen LogP contribution in [0.3, 0.4) is 0 Å². The van der Waals surface area contributed by atoms with Gasteiger partial charge in [-0.15, -0.1) is 11.3 Å².